The van der Waals surface area contributed by atoms with Crippen LogP contribution in [0.15, 0.2) is 35.4 Å². The van der Waals surface area contributed by atoms with Gasteiger partial charge in [0.1, 0.15) is 11.8 Å². The highest BCUT2D eigenvalue weighted by atomic mass is 19.3. The van der Waals surface area contributed by atoms with Crippen LogP contribution in [0.3, 0.4) is 0 Å². The number of hydrazone groups is 1. The smallest absolute Gasteiger partial charge is 0.320 e. The molecule has 3 nitrogen and oxygen atoms in total. The number of rotatable bonds is 2. The average molecular weight is 360 g/mol. The maximum absolute atomic E-state index is 15.9. The van der Waals surface area contributed by atoms with Crippen molar-refractivity contribution in [3.8, 4) is 0 Å². The Kier molecular flexibility index (Phi) is 3.03. The van der Waals surface area contributed by atoms with Gasteiger partial charge >= 0.3 is 5.92 Å². The Balaban J connectivity index is 2.05. The summed E-state index contributed by atoms with van der Waals surface area (Å²) in [7, 11) is 0. The van der Waals surface area contributed by atoms with E-state index in [1.807, 2.05) is 0 Å². The van der Waals surface area contributed by atoms with Gasteiger partial charge in [0.25, 0.3) is 0 Å². The molecule has 0 aliphatic heterocycles. The normalized spacial score (nSPS) is 50.5. The van der Waals surface area contributed by atoms with Crippen molar-refractivity contribution in [1.82, 2.24) is 0 Å². The molecule has 136 valence electrons. The Morgan fingerprint density at radius 1 is 1.12 bits per heavy atom. The highest BCUT2D eigenvalue weighted by Gasteiger charge is 2.91. The summed E-state index contributed by atoms with van der Waals surface area (Å²) in [6.45, 7) is 0. The monoisotopic (exact) mass is 360 g/mol. The molecule has 6 atom stereocenters. The molecule has 4 aliphatic carbocycles. The summed E-state index contributed by atoms with van der Waals surface area (Å²) >= 11 is 0. The van der Waals surface area contributed by atoms with Crippen LogP contribution in [0.5, 0.6) is 0 Å². The summed E-state index contributed by atoms with van der Waals surface area (Å²) in [5.74, 6) is -0.818. The summed E-state index contributed by atoms with van der Waals surface area (Å²) in [5.41, 5.74) is -12.2. The maximum atomic E-state index is 15.9. The van der Waals surface area contributed by atoms with Crippen molar-refractivity contribution in [1.29, 1.82) is 0 Å². The van der Waals surface area contributed by atoms with Gasteiger partial charge in [0.05, 0.1) is 0 Å². The second-order valence-electron chi connectivity index (χ2n) is 7.50. The van der Waals surface area contributed by atoms with E-state index in [4.69, 9.17) is 5.84 Å². The molecule has 25 heavy (non-hydrogen) atoms. The fraction of sp³-hybridized carbons (Fsp3) is 0.588. The first-order chi connectivity index (χ1) is 11.6. The number of halogens is 5. The number of benzene rings is 1. The molecule has 0 amide bonds. The number of hydrogen-bond acceptors (Lipinski definition) is 3. The highest BCUT2D eigenvalue weighted by Crippen LogP contribution is 2.76. The molecule has 0 heterocycles. The van der Waals surface area contributed by atoms with Crippen molar-refractivity contribution in [3.05, 3.63) is 35.9 Å². The Hall–Kier alpha value is -1.70. The molecule has 6 unspecified atom stereocenters. The number of nitrogens with zero attached hydrogens (tertiary/aromatic N) is 1. The first kappa shape index (κ1) is 16.8. The predicted molar refractivity (Wildman–Crippen MR) is 80.3 cm³/mol. The van der Waals surface area contributed by atoms with E-state index in [0.29, 0.717) is 0 Å². The van der Waals surface area contributed by atoms with Gasteiger partial charge in [-0.1, -0.05) is 30.3 Å². The van der Waals surface area contributed by atoms with Gasteiger partial charge in [-0.15, -0.1) is 0 Å². The number of hydrogen-bond donors (Lipinski definition) is 2. The molecule has 0 radical (unpaired) electrons. The SMILES string of the molecule is NN=CC12CC3CC(F)(C(F)(F)C(F)(C1)C3F)C2(O)c1ccccc1. The van der Waals surface area contributed by atoms with Crippen molar-refractivity contribution >= 4 is 6.21 Å². The van der Waals surface area contributed by atoms with E-state index in [1.54, 1.807) is 6.07 Å². The Morgan fingerprint density at radius 3 is 2.36 bits per heavy atom. The van der Waals surface area contributed by atoms with Crippen molar-refractivity contribution in [2.75, 3.05) is 0 Å². The zero-order valence-electron chi connectivity index (χ0n) is 13.1. The zero-order valence-corrected chi connectivity index (χ0v) is 13.1. The lowest BCUT2D eigenvalue weighted by Crippen LogP contribution is -2.86. The molecule has 1 aromatic carbocycles. The van der Waals surface area contributed by atoms with Gasteiger partial charge in [-0.25, -0.2) is 13.2 Å². The van der Waals surface area contributed by atoms with E-state index in [9.17, 15) is 18.3 Å². The van der Waals surface area contributed by atoms with Gasteiger partial charge in [-0.2, -0.15) is 13.9 Å². The van der Waals surface area contributed by atoms with Crippen LogP contribution in [0.25, 0.3) is 0 Å². The molecule has 4 fully saturated rings. The third-order valence-electron chi connectivity index (χ3n) is 6.42. The first-order valence-corrected chi connectivity index (χ1v) is 8.02. The van der Waals surface area contributed by atoms with E-state index in [2.05, 4.69) is 5.10 Å². The Morgan fingerprint density at radius 2 is 1.76 bits per heavy atom. The van der Waals surface area contributed by atoms with E-state index in [1.165, 1.54) is 24.3 Å². The molecule has 3 N–H and O–H groups in total. The third-order valence-corrected chi connectivity index (χ3v) is 6.42. The molecule has 4 aliphatic rings. The van der Waals surface area contributed by atoms with Crippen molar-refractivity contribution in [2.45, 2.75) is 48.3 Å². The van der Waals surface area contributed by atoms with Gasteiger partial charge in [-0.3, -0.25) is 0 Å². The van der Waals surface area contributed by atoms with E-state index in [0.717, 1.165) is 6.21 Å². The van der Waals surface area contributed by atoms with Crippen LogP contribution in [-0.2, 0) is 5.60 Å². The van der Waals surface area contributed by atoms with Crippen LogP contribution in [0.2, 0.25) is 0 Å². The lowest BCUT2D eigenvalue weighted by atomic mass is 9.38. The van der Waals surface area contributed by atoms with Crippen LogP contribution in [-0.4, -0.2) is 34.8 Å². The van der Waals surface area contributed by atoms with Crippen molar-refractivity contribution < 1.29 is 27.1 Å². The zero-order chi connectivity index (χ0) is 18.3. The second kappa shape index (κ2) is 4.52. The number of aliphatic hydroxyl groups is 1. The molecule has 0 spiro atoms. The molecule has 0 saturated heterocycles. The predicted octanol–water partition coefficient (Wildman–Crippen LogP) is 3.02. The second-order valence-corrected chi connectivity index (χ2v) is 7.50. The standard InChI is InChI=1S/C17H17F5N2O/c18-12-10-6-13(9-24-23)8-14(12,19)17(21,22)15(20,7-10)16(13,25)11-4-2-1-3-5-11/h1-5,9-10,12,25H,6-8,23H2. The topological polar surface area (TPSA) is 58.6 Å². The van der Waals surface area contributed by atoms with E-state index >= 15 is 8.78 Å². The molecule has 4 saturated carbocycles. The fourth-order valence-corrected chi connectivity index (χ4v) is 5.43. The molecule has 8 heteroatoms. The van der Waals surface area contributed by atoms with Crippen LogP contribution in [0, 0.1) is 11.3 Å². The summed E-state index contributed by atoms with van der Waals surface area (Å²) in [5, 5.41) is 14.6. The maximum Gasteiger partial charge on any atom is 0.320 e. The fourth-order valence-electron chi connectivity index (χ4n) is 5.43. The summed E-state index contributed by atoms with van der Waals surface area (Å²) in [4.78, 5) is 0. The average Bonchev–Trinajstić information content (AvgIpc) is 2.57. The van der Waals surface area contributed by atoms with Crippen LogP contribution in [0.4, 0.5) is 22.0 Å². The lowest BCUT2D eigenvalue weighted by molar-refractivity contribution is -0.401. The molecule has 1 aromatic rings. The molecular formula is C17H17F5N2O. The highest BCUT2D eigenvalue weighted by molar-refractivity contribution is 5.72. The van der Waals surface area contributed by atoms with Gasteiger partial charge in [0.2, 0.25) is 11.3 Å². The summed E-state index contributed by atoms with van der Waals surface area (Å²) in [6.07, 6.45) is -3.88. The largest absolute Gasteiger partial charge is 0.381 e. The minimum atomic E-state index is -4.70. The molecule has 5 rings (SSSR count). The van der Waals surface area contributed by atoms with Crippen LogP contribution < -0.4 is 5.84 Å². The minimum Gasteiger partial charge on any atom is -0.381 e. The quantitative estimate of drug-likeness (QED) is 0.369. The number of alkyl halides is 5. The van der Waals surface area contributed by atoms with Gasteiger partial charge in [-0.05, 0) is 24.3 Å². The lowest BCUT2D eigenvalue weighted by Gasteiger charge is -2.70. The van der Waals surface area contributed by atoms with E-state index in [-0.39, 0.29) is 12.0 Å². The Labute approximate surface area is 140 Å². The van der Waals surface area contributed by atoms with Crippen molar-refractivity contribution in [2.24, 2.45) is 22.3 Å². The summed E-state index contributed by atoms with van der Waals surface area (Å²) < 4.78 is 75.2. The van der Waals surface area contributed by atoms with Crippen molar-refractivity contribution in [3.63, 3.8) is 0 Å². The molecular weight excluding hydrogens is 343 g/mol. The molecule has 4 bridgehead atoms. The van der Waals surface area contributed by atoms with E-state index < -0.39 is 53.2 Å². The Bertz CT molecular complexity index is 746. The van der Waals surface area contributed by atoms with Gasteiger partial charge in [0.15, 0.2) is 0 Å². The first-order valence-electron chi connectivity index (χ1n) is 8.02. The third kappa shape index (κ3) is 1.50. The van der Waals surface area contributed by atoms with Gasteiger partial charge in [0, 0.05) is 18.1 Å². The number of nitrogens with two attached hydrogens (primary N) is 1. The summed E-state index contributed by atoms with van der Waals surface area (Å²) in [6, 6.07) is 7.07. The minimum absolute atomic E-state index is 0.130. The van der Waals surface area contributed by atoms with Crippen LogP contribution in [0.1, 0.15) is 24.8 Å². The van der Waals surface area contributed by atoms with Crippen LogP contribution >= 0.6 is 0 Å². The van der Waals surface area contributed by atoms with Gasteiger partial charge < -0.3 is 10.9 Å². The molecule has 0 aromatic heterocycles.